The Balaban J connectivity index is 3.42. The van der Waals surface area contributed by atoms with Crippen molar-refractivity contribution in [1.29, 1.82) is 0 Å². The molecule has 0 amide bonds. The van der Waals surface area contributed by atoms with Gasteiger partial charge in [-0.2, -0.15) is 0 Å². The maximum absolute atomic E-state index is 11.0. The van der Waals surface area contributed by atoms with Gasteiger partial charge < -0.3 is 19.3 Å². The number of benzene rings is 1. The molecule has 0 aliphatic carbocycles. The van der Waals surface area contributed by atoms with Crippen molar-refractivity contribution in [3.63, 3.8) is 0 Å². The number of carbonyl (C=O) groups is 1. The SMILES string of the molecule is COCc1c(C(C)(C)CC(=O)O)ccc(OC)c1OC. The fourth-order valence-electron chi connectivity index (χ4n) is 2.39. The van der Waals surface area contributed by atoms with Crippen LogP contribution in [0.15, 0.2) is 12.1 Å². The largest absolute Gasteiger partial charge is 0.493 e. The van der Waals surface area contributed by atoms with Gasteiger partial charge in [0.1, 0.15) is 0 Å². The highest BCUT2D eigenvalue weighted by atomic mass is 16.5. The zero-order valence-corrected chi connectivity index (χ0v) is 12.6. The van der Waals surface area contributed by atoms with Crippen LogP contribution >= 0.6 is 0 Å². The minimum absolute atomic E-state index is 0.0270. The van der Waals surface area contributed by atoms with E-state index >= 15 is 0 Å². The molecule has 0 atom stereocenters. The lowest BCUT2D eigenvalue weighted by molar-refractivity contribution is -0.138. The van der Waals surface area contributed by atoms with Crippen molar-refractivity contribution < 1.29 is 24.1 Å². The van der Waals surface area contributed by atoms with E-state index in [0.29, 0.717) is 18.1 Å². The maximum atomic E-state index is 11.0. The van der Waals surface area contributed by atoms with Crippen LogP contribution in [0.2, 0.25) is 0 Å². The summed E-state index contributed by atoms with van der Waals surface area (Å²) in [4.78, 5) is 11.0. The van der Waals surface area contributed by atoms with Gasteiger partial charge in [0.15, 0.2) is 11.5 Å². The molecule has 0 aliphatic rings. The van der Waals surface area contributed by atoms with Gasteiger partial charge in [-0.15, -0.1) is 0 Å². The Morgan fingerprint density at radius 3 is 2.30 bits per heavy atom. The minimum Gasteiger partial charge on any atom is -0.493 e. The van der Waals surface area contributed by atoms with E-state index in [1.54, 1.807) is 27.4 Å². The highest BCUT2D eigenvalue weighted by Crippen LogP contribution is 2.40. The van der Waals surface area contributed by atoms with Gasteiger partial charge in [-0.25, -0.2) is 0 Å². The summed E-state index contributed by atoms with van der Waals surface area (Å²) in [6.07, 6.45) is 0.0270. The van der Waals surface area contributed by atoms with Gasteiger partial charge in [0.2, 0.25) is 0 Å². The van der Waals surface area contributed by atoms with E-state index in [1.165, 1.54) is 0 Å². The molecule has 0 spiro atoms. The molecule has 20 heavy (non-hydrogen) atoms. The van der Waals surface area contributed by atoms with Crippen molar-refractivity contribution in [3.05, 3.63) is 23.3 Å². The van der Waals surface area contributed by atoms with Gasteiger partial charge in [0.25, 0.3) is 0 Å². The second-order valence-electron chi connectivity index (χ2n) is 5.21. The Morgan fingerprint density at radius 2 is 1.85 bits per heavy atom. The molecule has 0 saturated carbocycles. The lowest BCUT2D eigenvalue weighted by Crippen LogP contribution is -2.24. The Morgan fingerprint density at radius 1 is 1.20 bits per heavy atom. The topological polar surface area (TPSA) is 65.0 Å². The molecule has 0 aromatic heterocycles. The molecular formula is C15H22O5. The zero-order valence-electron chi connectivity index (χ0n) is 12.6. The van der Waals surface area contributed by atoms with Gasteiger partial charge in [-0.3, -0.25) is 4.79 Å². The number of ether oxygens (including phenoxy) is 3. The van der Waals surface area contributed by atoms with Crippen LogP contribution in [0.25, 0.3) is 0 Å². The van der Waals surface area contributed by atoms with E-state index in [2.05, 4.69) is 0 Å². The van der Waals surface area contributed by atoms with Crippen molar-refractivity contribution in [3.8, 4) is 11.5 Å². The van der Waals surface area contributed by atoms with Crippen LogP contribution < -0.4 is 9.47 Å². The Bertz CT molecular complexity index is 479. The molecule has 1 N–H and O–H groups in total. The Kier molecular flexibility index (Phi) is 5.39. The first-order valence-corrected chi connectivity index (χ1v) is 6.32. The molecule has 0 bridgehead atoms. The average Bonchev–Trinajstić information content (AvgIpc) is 2.36. The summed E-state index contributed by atoms with van der Waals surface area (Å²) in [5.74, 6) is 0.355. The van der Waals surface area contributed by atoms with Gasteiger partial charge in [0.05, 0.1) is 27.2 Å². The first kappa shape index (κ1) is 16.3. The normalized spacial score (nSPS) is 11.2. The van der Waals surface area contributed by atoms with Crippen LogP contribution in [0.3, 0.4) is 0 Å². The fraction of sp³-hybridized carbons (Fsp3) is 0.533. The molecule has 112 valence electrons. The summed E-state index contributed by atoms with van der Waals surface area (Å²) in [7, 11) is 4.72. The number of hydrogen-bond donors (Lipinski definition) is 1. The van der Waals surface area contributed by atoms with E-state index in [0.717, 1.165) is 11.1 Å². The van der Waals surface area contributed by atoms with Crippen molar-refractivity contribution in [1.82, 2.24) is 0 Å². The van der Waals surface area contributed by atoms with E-state index in [-0.39, 0.29) is 6.42 Å². The summed E-state index contributed by atoms with van der Waals surface area (Å²) >= 11 is 0. The first-order valence-electron chi connectivity index (χ1n) is 6.32. The molecule has 5 heteroatoms. The first-order chi connectivity index (χ1) is 9.37. The Labute approximate surface area is 119 Å². The van der Waals surface area contributed by atoms with Crippen molar-refractivity contribution in [2.24, 2.45) is 0 Å². The number of methoxy groups -OCH3 is 3. The lowest BCUT2D eigenvalue weighted by Gasteiger charge is -2.27. The third kappa shape index (κ3) is 3.42. The zero-order chi connectivity index (χ0) is 15.3. The molecule has 0 unspecified atom stereocenters. The van der Waals surface area contributed by atoms with Crippen LogP contribution in [0.5, 0.6) is 11.5 Å². The Hall–Kier alpha value is -1.75. The monoisotopic (exact) mass is 282 g/mol. The highest BCUT2D eigenvalue weighted by Gasteiger charge is 2.29. The second-order valence-corrected chi connectivity index (χ2v) is 5.21. The molecule has 0 aliphatic heterocycles. The smallest absolute Gasteiger partial charge is 0.304 e. The second kappa shape index (κ2) is 6.61. The summed E-state index contributed by atoms with van der Waals surface area (Å²) in [6, 6.07) is 3.66. The van der Waals surface area contributed by atoms with Gasteiger partial charge in [-0.1, -0.05) is 19.9 Å². The molecule has 0 saturated heterocycles. The number of carboxylic acids is 1. The molecule has 1 rings (SSSR count). The molecule has 1 aromatic carbocycles. The third-order valence-electron chi connectivity index (χ3n) is 3.26. The quantitative estimate of drug-likeness (QED) is 0.832. The summed E-state index contributed by atoms with van der Waals surface area (Å²) in [6.45, 7) is 4.11. The third-order valence-corrected chi connectivity index (χ3v) is 3.26. The van der Waals surface area contributed by atoms with Crippen molar-refractivity contribution in [2.45, 2.75) is 32.3 Å². The molecule has 5 nitrogen and oxygen atoms in total. The van der Waals surface area contributed by atoms with Gasteiger partial charge in [-0.05, 0) is 11.6 Å². The van der Waals surface area contributed by atoms with E-state index in [4.69, 9.17) is 19.3 Å². The molecule has 1 aromatic rings. The van der Waals surface area contributed by atoms with Crippen LogP contribution in [0.1, 0.15) is 31.4 Å². The minimum atomic E-state index is -0.840. The average molecular weight is 282 g/mol. The molecular weight excluding hydrogens is 260 g/mol. The van der Waals surface area contributed by atoms with Crippen molar-refractivity contribution in [2.75, 3.05) is 21.3 Å². The van der Waals surface area contributed by atoms with Crippen LogP contribution in [-0.2, 0) is 21.6 Å². The number of hydrogen-bond acceptors (Lipinski definition) is 4. The molecule has 0 fully saturated rings. The van der Waals surface area contributed by atoms with E-state index < -0.39 is 11.4 Å². The predicted molar refractivity (Wildman–Crippen MR) is 75.5 cm³/mol. The van der Waals surface area contributed by atoms with Crippen molar-refractivity contribution >= 4 is 5.97 Å². The van der Waals surface area contributed by atoms with Crippen LogP contribution in [0.4, 0.5) is 0 Å². The van der Waals surface area contributed by atoms with E-state index in [1.807, 2.05) is 19.9 Å². The summed E-state index contributed by atoms with van der Waals surface area (Å²) in [5, 5.41) is 9.07. The fourth-order valence-corrected chi connectivity index (χ4v) is 2.39. The predicted octanol–water partition coefficient (Wildman–Crippen LogP) is 2.60. The highest BCUT2D eigenvalue weighted by molar-refractivity contribution is 5.69. The number of carboxylic acid groups (broad SMARTS) is 1. The van der Waals surface area contributed by atoms with Crippen LogP contribution in [-0.4, -0.2) is 32.4 Å². The number of rotatable bonds is 7. The standard InChI is InChI=1S/C15H22O5/c1-15(2,8-13(16)17)11-6-7-12(19-4)14(20-5)10(11)9-18-3/h6-7H,8-9H2,1-5H3,(H,16,17). The van der Waals surface area contributed by atoms with Gasteiger partial charge >= 0.3 is 5.97 Å². The lowest BCUT2D eigenvalue weighted by atomic mass is 9.79. The van der Waals surface area contributed by atoms with E-state index in [9.17, 15) is 4.79 Å². The van der Waals surface area contributed by atoms with Gasteiger partial charge in [0, 0.05) is 18.1 Å². The molecule has 0 heterocycles. The summed E-state index contributed by atoms with van der Waals surface area (Å²) in [5.41, 5.74) is 1.18. The summed E-state index contributed by atoms with van der Waals surface area (Å²) < 4.78 is 15.9. The number of aliphatic carboxylic acids is 1. The van der Waals surface area contributed by atoms with Crippen LogP contribution in [0, 0.1) is 0 Å². The molecule has 0 radical (unpaired) electrons. The maximum Gasteiger partial charge on any atom is 0.304 e.